The van der Waals surface area contributed by atoms with Crippen molar-refractivity contribution in [2.75, 3.05) is 11.9 Å². The van der Waals surface area contributed by atoms with Crippen LogP contribution in [0, 0.1) is 0 Å². The number of carbonyl (C=O) groups is 1. The first kappa shape index (κ1) is 14.0. The van der Waals surface area contributed by atoms with Gasteiger partial charge in [0.1, 0.15) is 0 Å². The molecule has 17 heavy (non-hydrogen) atoms. The van der Waals surface area contributed by atoms with Crippen molar-refractivity contribution < 1.29 is 4.79 Å². The van der Waals surface area contributed by atoms with Crippen LogP contribution in [0.4, 0.5) is 9.93 Å². The Bertz CT molecular complexity index is 301. The van der Waals surface area contributed by atoms with Crippen molar-refractivity contribution in [1.29, 1.82) is 0 Å². The Morgan fingerprint density at radius 2 is 2.06 bits per heavy atom. The molecule has 1 aromatic heterocycles. The smallest absolute Gasteiger partial charge is 0.321 e. The summed E-state index contributed by atoms with van der Waals surface area (Å²) in [5.74, 6) is 0. The third-order valence-electron chi connectivity index (χ3n) is 2.47. The van der Waals surface area contributed by atoms with E-state index in [2.05, 4.69) is 22.5 Å². The lowest BCUT2D eigenvalue weighted by molar-refractivity contribution is 0.252. The van der Waals surface area contributed by atoms with E-state index >= 15 is 0 Å². The number of nitrogens with one attached hydrogen (secondary N) is 2. The van der Waals surface area contributed by atoms with Gasteiger partial charge < -0.3 is 5.32 Å². The van der Waals surface area contributed by atoms with Crippen LogP contribution in [-0.4, -0.2) is 17.6 Å². The molecule has 0 spiro atoms. The van der Waals surface area contributed by atoms with Gasteiger partial charge in [-0.05, 0) is 6.42 Å². The molecule has 0 aliphatic carbocycles. The van der Waals surface area contributed by atoms with Gasteiger partial charge in [0, 0.05) is 18.1 Å². The fourth-order valence-corrected chi connectivity index (χ4v) is 2.06. The van der Waals surface area contributed by atoms with E-state index in [1.165, 1.54) is 43.4 Å². The molecule has 0 fully saturated rings. The van der Waals surface area contributed by atoms with Crippen molar-refractivity contribution in [3.05, 3.63) is 11.6 Å². The van der Waals surface area contributed by atoms with Crippen LogP contribution in [0.15, 0.2) is 11.6 Å². The molecule has 1 rings (SSSR count). The Kier molecular flexibility index (Phi) is 7.38. The molecule has 1 heterocycles. The van der Waals surface area contributed by atoms with Crippen molar-refractivity contribution in [3.8, 4) is 0 Å². The summed E-state index contributed by atoms with van der Waals surface area (Å²) in [4.78, 5) is 15.4. The lowest BCUT2D eigenvalue weighted by Gasteiger charge is -2.05. The molecule has 0 atom stereocenters. The monoisotopic (exact) mass is 255 g/mol. The van der Waals surface area contributed by atoms with Crippen LogP contribution in [-0.2, 0) is 0 Å². The summed E-state index contributed by atoms with van der Waals surface area (Å²) < 4.78 is 0. The molecule has 4 nitrogen and oxygen atoms in total. The van der Waals surface area contributed by atoms with Gasteiger partial charge in [0.25, 0.3) is 0 Å². The average molecular weight is 255 g/mol. The number of rotatable bonds is 8. The van der Waals surface area contributed by atoms with E-state index in [0.717, 1.165) is 13.0 Å². The maximum absolute atomic E-state index is 11.4. The highest BCUT2D eigenvalue weighted by atomic mass is 32.1. The summed E-state index contributed by atoms with van der Waals surface area (Å²) >= 11 is 1.42. The van der Waals surface area contributed by atoms with Crippen LogP contribution in [0.1, 0.15) is 45.4 Å². The second-order valence-electron chi connectivity index (χ2n) is 3.99. The number of unbranched alkanes of at least 4 members (excludes halogenated alkanes) is 5. The standard InChI is InChI=1S/C12H21N3OS/c1-2-3-4-5-6-7-8-13-11(16)15-12-14-9-10-17-12/h9-10H,2-8H2,1H3,(H2,13,14,15,16). The quantitative estimate of drug-likeness (QED) is 0.697. The average Bonchev–Trinajstić information content (AvgIpc) is 2.80. The number of urea groups is 1. The molecular formula is C12H21N3OS. The highest BCUT2D eigenvalue weighted by molar-refractivity contribution is 7.13. The fraction of sp³-hybridized carbons (Fsp3) is 0.667. The van der Waals surface area contributed by atoms with E-state index < -0.39 is 0 Å². The minimum Gasteiger partial charge on any atom is -0.338 e. The van der Waals surface area contributed by atoms with Crippen LogP contribution < -0.4 is 10.6 Å². The number of thiazole rings is 1. The van der Waals surface area contributed by atoms with Gasteiger partial charge in [0.15, 0.2) is 5.13 Å². The Labute approximate surface area is 107 Å². The summed E-state index contributed by atoms with van der Waals surface area (Å²) in [6.07, 6.45) is 9.08. The van der Waals surface area contributed by atoms with Crippen molar-refractivity contribution in [2.45, 2.75) is 45.4 Å². The van der Waals surface area contributed by atoms with Crippen molar-refractivity contribution in [1.82, 2.24) is 10.3 Å². The van der Waals surface area contributed by atoms with Gasteiger partial charge in [0.05, 0.1) is 0 Å². The topological polar surface area (TPSA) is 54.0 Å². The number of anilines is 1. The molecule has 2 N–H and O–H groups in total. The summed E-state index contributed by atoms with van der Waals surface area (Å²) in [6, 6.07) is -0.159. The molecule has 2 amide bonds. The van der Waals surface area contributed by atoms with Gasteiger partial charge in [-0.2, -0.15) is 0 Å². The molecule has 0 aromatic carbocycles. The normalized spacial score (nSPS) is 10.2. The molecule has 0 bridgehead atoms. The van der Waals surface area contributed by atoms with Crippen molar-refractivity contribution >= 4 is 22.5 Å². The predicted octanol–water partition coefficient (Wildman–Crippen LogP) is 3.63. The SMILES string of the molecule is CCCCCCCCNC(=O)Nc1nccs1. The van der Waals surface area contributed by atoms with Crippen molar-refractivity contribution in [3.63, 3.8) is 0 Å². The molecular weight excluding hydrogens is 234 g/mol. The fourth-order valence-electron chi connectivity index (χ4n) is 1.53. The summed E-state index contributed by atoms with van der Waals surface area (Å²) in [5.41, 5.74) is 0. The lowest BCUT2D eigenvalue weighted by Crippen LogP contribution is -2.29. The minimum absolute atomic E-state index is 0.159. The van der Waals surface area contributed by atoms with Gasteiger partial charge in [-0.1, -0.05) is 39.0 Å². The lowest BCUT2D eigenvalue weighted by atomic mass is 10.1. The number of aromatic nitrogens is 1. The highest BCUT2D eigenvalue weighted by Gasteiger charge is 2.01. The first-order chi connectivity index (χ1) is 8.33. The van der Waals surface area contributed by atoms with E-state index in [1.807, 2.05) is 5.38 Å². The van der Waals surface area contributed by atoms with Crippen molar-refractivity contribution in [2.24, 2.45) is 0 Å². The Hall–Kier alpha value is -1.10. The van der Waals surface area contributed by atoms with Gasteiger partial charge in [-0.25, -0.2) is 9.78 Å². The van der Waals surface area contributed by atoms with Crippen LogP contribution >= 0.6 is 11.3 Å². The van der Waals surface area contributed by atoms with Gasteiger partial charge in [0.2, 0.25) is 0 Å². The Balaban J connectivity index is 1.94. The molecule has 0 saturated heterocycles. The number of hydrogen-bond acceptors (Lipinski definition) is 3. The second kappa shape index (κ2) is 8.98. The highest BCUT2D eigenvalue weighted by Crippen LogP contribution is 2.09. The molecule has 0 radical (unpaired) electrons. The van der Waals surface area contributed by atoms with Gasteiger partial charge >= 0.3 is 6.03 Å². The third-order valence-corrected chi connectivity index (χ3v) is 3.16. The molecule has 0 saturated carbocycles. The maximum atomic E-state index is 11.4. The maximum Gasteiger partial charge on any atom is 0.321 e. The zero-order chi connectivity index (χ0) is 12.3. The Morgan fingerprint density at radius 3 is 2.76 bits per heavy atom. The molecule has 96 valence electrons. The summed E-state index contributed by atoms with van der Waals surface area (Å²) in [5, 5.41) is 8.00. The van der Waals surface area contributed by atoms with Gasteiger partial charge in [-0.3, -0.25) is 5.32 Å². The summed E-state index contributed by atoms with van der Waals surface area (Å²) in [6.45, 7) is 2.95. The molecule has 1 aromatic rings. The Morgan fingerprint density at radius 1 is 1.29 bits per heavy atom. The zero-order valence-electron chi connectivity index (χ0n) is 10.4. The zero-order valence-corrected chi connectivity index (χ0v) is 11.2. The van der Waals surface area contributed by atoms with E-state index in [1.54, 1.807) is 6.20 Å². The van der Waals surface area contributed by atoms with Crippen LogP contribution in [0.3, 0.4) is 0 Å². The number of nitrogens with zero attached hydrogens (tertiary/aromatic N) is 1. The largest absolute Gasteiger partial charge is 0.338 e. The van der Waals surface area contributed by atoms with E-state index in [4.69, 9.17) is 0 Å². The second-order valence-corrected chi connectivity index (χ2v) is 4.88. The molecule has 0 aliphatic rings. The van der Waals surface area contributed by atoms with E-state index in [9.17, 15) is 4.79 Å². The van der Waals surface area contributed by atoms with E-state index in [0.29, 0.717) is 5.13 Å². The number of hydrogen-bond donors (Lipinski definition) is 2. The van der Waals surface area contributed by atoms with Gasteiger partial charge in [-0.15, -0.1) is 11.3 Å². The number of carbonyl (C=O) groups excluding carboxylic acids is 1. The van der Waals surface area contributed by atoms with Crippen LogP contribution in [0.5, 0.6) is 0 Å². The molecule has 0 unspecified atom stereocenters. The first-order valence-corrected chi connectivity index (χ1v) is 7.15. The summed E-state index contributed by atoms with van der Waals surface area (Å²) in [7, 11) is 0. The first-order valence-electron chi connectivity index (χ1n) is 6.27. The van der Waals surface area contributed by atoms with Crippen LogP contribution in [0.2, 0.25) is 0 Å². The molecule has 5 heteroatoms. The van der Waals surface area contributed by atoms with E-state index in [-0.39, 0.29) is 6.03 Å². The minimum atomic E-state index is -0.159. The molecule has 0 aliphatic heterocycles. The number of amides is 2. The predicted molar refractivity (Wildman–Crippen MR) is 72.5 cm³/mol. The third kappa shape index (κ3) is 6.94. The van der Waals surface area contributed by atoms with Crippen LogP contribution in [0.25, 0.3) is 0 Å².